The fourth-order valence-corrected chi connectivity index (χ4v) is 3.41. The van der Waals surface area contributed by atoms with Crippen molar-refractivity contribution in [1.29, 1.82) is 0 Å². The van der Waals surface area contributed by atoms with Crippen LogP contribution in [0, 0.1) is 5.41 Å². The standard InChI is InChI=1S/C17H18BrN/c18-16-7-5-13(6-8-16)9-17(12-19)10-14-3-1-2-4-15(14)11-17/h1-8H,9-12,19H2. The van der Waals surface area contributed by atoms with E-state index in [0.29, 0.717) is 0 Å². The van der Waals surface area contributed by atoms with Crippen molar-refractivity contribution in [2.24, 2.45) is 11.1 Å². The van der Waals surface area contributed by atoms with Gasteiger partial charge in [-0.2, -0.15) is 0 Å². The molecule has 1 aliphatic carbocycles. The van der Waals surface area contributed by atoms with E-state index in [1.165, 1.54) is 16.7 Å². The van der Waals surface area contributed by atoms with E-state index in [2.05, 4.69) is 64.5 Å². The second kappa shape index (κ2) is 5.10. The maximum Gasteiger partial charge on any atom is 0.0175 e. The van der Waals surface area contributed by atoms with Crippen LogP contribution >= 0.6 is 15.9 Å². The van der Waals surface area contributed by atoms with Gasteiger partial charge in [0.05, 0.1) is 0 Å². The maximum absolute atomic E-state index is 6.12. The zero-order valence-corrected chi connectivity index (χ0v) is 12.5. The molecule has 0 aliphatic heterocycles. The van der Waals surface area contributed by atoms with E-state index in [0.717, 1.165) is 30.3 Å². The zero-order chi connectivity index (χ0) is 13.3. The fourth-order valence-electron chi connectivity index (χ4n) is 3.15. The van der Waals surface area contributed by atoms with Crippen LogP contribution in [0.1, 0.15) is 16.7 Å². The summed E-state index contributed by atoms with van der Waals surface area (Å²) in [6, 6.07) is 17.4. The minimum Gasteiger partial charge on any atom is -0.330 e. The highest BCUT2D eigenvalue weighted by Gasteiger charge is 2.35. The van der Waals surface area contributed by atoms with Crippen LogP contribution in [0.25, 0.3) is 0 Å². The number of fused-ring (bicyclic) bond motifs is 1. The van der Waals surface area contributed by atoms with Gasteiger partial charge in [0, 0.05) is 4.47 Å². The van der Waals surface area contributed by atoms with Crippen LogP contribution in [0.5, 0.6) is 0 Å². The Hall–Kier alpha value is -1.12. The lowest BCUT2D eigenvalue weighted by molar-refractivity contribution is 0.315. The molecule has 0 atom stereocenters. The van der Waals surface area contributed by atoms with Crippen LogP contribution in [-0.4, -0.2) is 6.54 Å². The number of hydrogen-bond donors (Lipinski definition) is 1. The molecule has 0 spiro atoms. The number of nitrogens with two attached hydrogens (primary N) is 1. The van der Waals surface area contributed by atoms with Gasteiger partial charge in [-0.05, 0) is 60.0 Å². The molecule has 0 aromatic heterocycles. The van der Waals surface area contributed by atoms with E-state index >= 15 is 0 Å². The highest BCUT2D eigenvalue weighted by molar-refractivity contribution is 9.10. The highest BCUT2D eigenvalue weighted by Crippen LogP contribution is 2.38. The summed E-state index contributed by atoms with van der Waals surface area (Å²) in [6.45, 7) is 0.748. The van der Waals surface area contributed by atoms with Crippen molar-refractivity contribution < 1.29 is 0 Å². The first kappa shape index (κ1) is 12.9. The van der Waals surface area contributed by atoms with Gasteiger partial charge in [-0.1, -0.05) is 52.3 Å². The van der Waals surface area contributed by atoms with E-state index in [1.807, 2.05) is 0 Å². The number of hydrogen-bond acceptors (Lipinski definition) is 1. The normalized spacial score (nSPS) is 16.3. The predicted molar refractivity (Wildman–Crippen MR) is 83.2 cm³/mol. The summed E-state index contributed by atoms with van der Waals surface area (Å²) in [5.41, 5.74) is 10.7. The summed E-state index contributed by atoms with van der Waals surface area (Å²) in [5.74, 6) is 0. The molecule has 0 bridgehead atoms. The van der Waals surface area contributed by atoms with Crippen molar-refractivity contribution in [3.8, 4) is 0 Å². The van der Waals surface area contributed by atoms with Gasteiger partial charge in [0.1, 0.15) is 0 Å². The molecule has 2 aromatic rings. The molecule has 0 amide bonds. The topological polar surface area (TPSA) is 26.0 Å². The molecule has 19 heavy (non-hydrogen) atoms. The largest absolute Gasteiger partial charge is 0.330 e. The van der Waals surface area contributed by atoms with Crippen molar-refractivity contribution in [3.05, 3.63) is 69.7 Å². The first-order valence-electron chi connectivity index (χ1n) is 6.72. The fraction of sp³-hybridized carbons (Fsp3) is 0.294. The molecule has 1 aliphatic rings. The Kier molecular flexibility index (Phi) is 3.46. The molecule has 3 rings (SSSR count). The molecule has 98 valence electrons. The maximum atomic E-state index is 6.12. The van der Waals surface area contributed by atoms with Crippen LogP contribution in [0.3, 0.4) is 0 Å². The summed E-state index contributed by atoms with van der Waals surface area (Å²) in [7, 11) is 0. The van der Waals surface area contributed by atoms with Gasteiger partial charge in [0.25, 0.3) is 0 Å². The zero-order valence-electron chi connectivity index (χ0n) is 10.9. The quantitative estimate of drug-likeness (QED) is 0.917. The Morgan fingerprint density at radius 1 is 0.947 bits per heavy atom. The molecule has 0 radical (unpaired) electrons. The van der Waals surface area contributed by atoms with Gasteiger partial charge in [-0.15, -0.1) is 0 Å². The monoisotopic (exact) mass is 315 g/mol. The first-order valence-corrected chi connectivity index (χ1v) is 7.51. The van der Waals surface area contributed by atoms with Gasteiger partial charge in [-0.25, -0.2) is 0 Å². The highest BCUT2D eigenvalue weighted by atomic mass is 79.9. The van der Waals surface area contributed by atoms with E-state index in [9.17, 15) is 0 Å². The van der Waals surface area contributed by atoms with Crippen LogP contribution < -0.4 is 5.73 Å². The predicted octanol–water partition coefficient (Wildman–Crippen LogP) is 3.74. The Morgan fingerprint density at radius 2 is 1.53 bits per heavy atom. The van der Waals surface area contributed by atoms with Gasteiger partial charge in [0.15, 0.2) is 0 Å². The summed E-state index contributed by atoms with van der Waals surface area (Å²) in [4.78, 5) is 0. The lowest BCUT2D eigenvalue weighted by atomic mass is 9.79. The molecule has 0 saturated heterocycles. The number of benzene rings is 2. The Bertz CT molecular complexity index is 549. The van der Waals surface area contributed by atoms with Gasteiger partial charge in [0.2, 0.25) is 0 Å². The third kappa shape index (κ3) is 2.60. The molecule has 0 unspecified atom stereocenters. The van der Waals surface area contributed by atoms with Crippen molar-refractivity contribution >= 4 is 15.9 Å². The van der Waals surface area contributed by atoms with E-state index < -0.39 is 0 Å². The van der Waals surface area contributed by atoms with Crippen LogP contribution in [0.4, 0.5) is 0 Å². The second-order valence-corrected chi connectivity index (χ2v) is 6.55. The number of halogens is 1. The Morgan fingerprint density at radius 3 is 2.05 bits per heavy atom. The second-order valence-electron chi connectivity index (χ2n) is 5.63. The van der Waals surface area contributed by atoms with Gasteiger partial charge < -0.3 is 5.73 Å². The SMILES string of the molecule is NCC1(Cc2ccc(Br)cc2)Cc2ccccc2C1. The van der Waals surface area contributed by atoms with Crippen molar-refractivity contribution in [2.45, 2.75) is 19.3 Å². The third-order valence-electron chi connectivity index (χ3n) is 4.17. The minimum atomic E-state index is 0.206. The third-order valence-corrected chi connectivity index (χ3v) is 4.70. The molecule has 0 fully saturated rings. The van der Waals surface area contributed by atoms with E-state index in [-0.39, 0.29) is 5.41 Å². The first-order chi connectivity index (χ1) is 9.21. The molecule has 0 heterocycles. The molecular weight excluding hydrogens is 298 g/mol. The molecule has 0 saturated carbocycles. The van der Waals surface area contributed by atoms with Crippen molar-refractivity contribution in [1.82, 2.24) is 0 Å². The Balaban J connectivity index is 1.84. The Labute approximate surface area is 123 Å². The van der Waals surface area contributed by atoms with Crippen LogP contribution in [0.15, 0.2) is 53.0 Å². The number of rotatable bonds is 3. The van der Waals surface area contributed by atoms with Gasteiger partial charge >= 0.3 is 0 Å². The van der Waals surface area contributed by atoms with Crippen LogP contribution in [0.2, 0.25) is 0 Å². The summed E-state index contributed by atoms with van der Waals surface area (Å²) >= 11 is 3.49. The van der Waals surface area contributed by atoms with Crippen molar-refractivity contribution in [3.63, 3.8) is 0 Å². The smallest absolute Gasteiger partial charge is 0.0175 e. The molecule has 1 nitrogen and oxygen atoms in total. The van der Waals surface area contributed by atoms with E-state index in [1.54, 1.807) is 0 Å². The summed E-state index contributed by atoms with van der Waals surface area (Å²) < 4.78 is 1.13. The minimum absolute atomic E-state index is 0.206. The van der Waals surface area contributed by atoms with Crippen LogP contribution in [-0.2, 0) is 19.3 Å². The lowest BCUT2D eigenvalue weighted by Gasteiger charge is -2.27. The van der Waals surface area contributed by atoms with E-state index in [4.69, 9.17) is 5.73 Å². The average molecular weight is 316 g/mol. The summed E-state index contributed by atoms with van der Waals surface area (Å²) in [6.07, 6.45) is 3.27. The molecule has 2 aromatic carbocycles. The lowest BCUT2D eigenvalue weighted by Crippen LogP contribution is -2.33. The van der Waals surface area contributed by atoms with Gasteiger partial charge in [-0.3, -0.25) is 0 Å². The molecule has 2 heteroatoms. The summed E-state index contributed by atoms with van der Waals surface area (Å²) in [5, 5.41) is 0. The van der Waals surface area contributed by atoms with Crippen molar-refractivity contribution in [2.75, 3.05) is 6.54 Å². The average Bonchev–Trinajstić information content (AvgIpc) is 2.80. The molecule has 2 N–H and O–H groups in total. The molecular formula is C17H18BrN.